The van der Waals surface area contributed by atoms with Crippen LogP contribution >= 0.6 is 0 Å². The van der Waals surface area contributed by atoms with Crippen LogP contribution in [0.5, 0.6) is 5.75 Å². The van der Waals surface area contributed by atoms with E-state index in [4.69, 9.17) is 4.74 Å². The molecule has 1 unspecified atom stereocenters. The van der Waals surface area contributed by atoms with Crippen LogP contribution in [0, 0.1) is 5.82 Å². The standard InChI is InChI=1S/C22H18FN3O3/c1-13(29-18-8-6-14-4-2-3-5-15(14)11-18)21(27)25-26-22(28)20-12-16-10-17(23)7-9-19(16)24-20/h2-13,24H,1H3,(H,25,27)(H,26,28). The van der Waals surface area contributed by atoms with Crippen LogP contribution in [0.1, 0.15) is 17.4 Å². The van der Waals surface area contributed by atoms with Gasteiger partial charge in [0.15, 0.2) is 6.10 Å². The lowest BCUT2D eigenvalue weighted by Crippen LogP contribution is -2.47. The summed E-state index contributed by atoms with van der Waals surface area (Å²) < 4.78 is 18.9. The van der Waals surface area contributed by atoms with E-state index in [2.05, 4.69) is 15.8 Å². The molecule has 0 saturated heterocycles. The summed E-state index contributed by atoms with van der Waals surface area (Å²) >= 11 is 0. The molecular formula is C22H18FN3O3. The number of rotatable bonds is 4. The number of fused-ring (bicyclic) bond motifs is 2. The van der Waals surface area contributed by atoms with Crippen LogP contribution in [0.15, 0.2) is 66.7 Å². The number of halogens is 1. The second-order valence-corrected chi connectivity index (χ2v) is 6.63. The molecule has 1 atom stereocenters. The van der Waals surface area contributed by atoms with E-state index >= 15 is 0 Å². The first-order valence-electron chi connectivity index (χ1n) is 9.03. The van der Waals surface area contributed by atoms with E-state index in [9.17, 15) is 14.0 Å². The molecule has 7 heteroatoms. The van der Waals surface area contributed by atoms with Crippen molar-refractivity contribution in [2.24, 2.45) is 0 Å². The number of carbonyl (C=O) groups excluding carboxylic acids is 2. The number of aromatic amines is 1. The second kappa shape index (κ2) is 7.63. The van der Waals surface area contributed by atoms with Gasteiger partial charge in [-0.25, -0.2) is 4.39 Å². The van der Waals surface area contributed by atoms with E-state index in [0.717, 1.165) is 10.8 Å². The molecule has 0 spiro atoms. The van der Waals surface area contributed by atoms with Crippen LogP contribution in [0.3, 0.4) is 0 Å². The van der Waals surface area contributed by atoms with Gasteiger partial charge in [0.2, 0.25) is 0 Å². The minimum Gasteiger partial charge on any atom is -0.481 e. The number of H-pyrrole nitrogens is 1. The average Bonchev–Trinajstić information content (AvgIpc) is 3.15. The fourth-order valence-electron chi connectivity index (χ4n) is 3.01. The lowest BCUT2D eigenvalue weighted by atomic mass is 10.1. The summed E-state index contributed by atoms with van der Waals surface area (Å²) in [6.45, 7) is 1.59. The van der Waals surface area contributed by atoms with E-state index in [-0.39, 0.29) is 5.69 Å². The van der Waals surface area contributed by atoms with E-state index in [1.807, 2.05) is 36.4 Å². The number of aromatic nitrogens is 1. The van der Waals surface area contributed by atoms with Gasteiger partial charge >= 0.3 is 0 Å². The van der Waals surface area contributed by atoms with Gasteiger partial charge in [-0.2, -0.15) is 0 Å². The van der Waals surface area contributed by atoms with E-state index in [1.165, 1.54) is 18.2 Å². The minimum absolute atomic E-state index is 0.203. The lowest BCUT2D eigenvalue weighted by molar-refractivity contribution is -0.128. The van der Waals surface area contributed by atoms with Crippen LogP contribution < -0.4 is 15.6 Å². The molecule has 29 heavy (non-hydrogen) atoms. The summed E-state index contributed by atoms with van der Waals surface area (Å²) in [5, 5.41) is 2.64. The van der Waals surface area contributed by atoms with E-state index in [1.54, 1.807) is 19.1 Å². The average molecular weight is 391 g/mol. The van der Waals surface area contributed by atoms with Gasteiger partial charge in [-0.05, 0) is 54.1 Å². The molecule has 1 heterocycles. The highest BCUT2D eigenvalue weighted by atomic mass is 19.1. The third-order valence-corrected chi connectivity index (χ3v) is 4.53. The maximum absolute atomic E-state index is 13.3. The molecule has 0 aliphatic heterocycles. The zero-order chi connectivity index (χ0) is 20.4. The fraction of sp³-hybridized carbons (Fsp3) is 0.0909. The molecule has 0 saturated carbocycles. The number of benzene rings is 3. The zero-order valence-electron chi connectivity index (χ0n) is 15.5. The summed E-state index contributed by atoms with van der Waals surface area (Å²) in [6.07, 6.45) is -0.826. The Morgan fingerprint density at radius 2 is 1.72 bits per heavy atom. The molecule has 3 aromatic carbocycles. The first-order valence-corrected chi connectivity index (χ1v) is 9.03. The van der Waals surface area contributed by atoms with Gasteiger partial charge in [0.25, 0.3) is 11.8 Å². The Kier molecular flexibility index (Phi) is 4.87. The first-order chi connectivity index (χ1) is 14.0. The third kappa shape index (κ3) is 4.03. The van der Waals surface area contributed by atoms with Crippen molar-refractivity contribution >= 4 is 33.5 Å². The number of hydrazine groups is 1. The third-order valence-electron chi connectivity index (χ3n) is 4.53. The van der Waals surface area contributed by atoms with Gasteiger partial charge in [0.05, 0.1) is 0 Å². The fourth-order valence-corrected chi connectivity index (χ4v) is 3.01. The highest BCUT2D eigenvalue weighted by Crippen LogP contribution is 2.21. The molecule has 4 aromatic rings. The van der Waals surface area contributed by atoms with Gasteiger partial charge in [-0.3, -0.25) is 20.4 Å². The molecule has 0 aliphatic rings. The molecule has 4 rings (SSSR count). The predicted octanol–water partition coefficient (Wildman–Crippen LogP) is 3.69. The van der Waals surface area contributed by atoms with Crippen LogP contribution in [0.2, 0.25) is 0 Å². The van der Waals surface area contributed by atoms with Crippen molar-refractivity contribution < 1.29 is 18.7 Å². The molecule has 2 amide bonds. The van der Waals surface area contributed by atoms with Crippen LogP contribution in [0.4, 0.5) is 4.39 Å². The Morgan fingerprint density at radius 3 is 2.55 bits per heavy atom. The van der Waals surface area contributed by atoms with Crippen molar-refractivity contribution in [1.29, 1.82) is 0 Å². The van der Waals surface area contributed by atoms with E-state index in [0.29, 0.717) is 16.7 Å². The van der Waals surface area contributed by atoms with Crippen LogP contribution in [0.25, 0.3) is 21.7 Å². The van der Waals surface area contributed by atoms with Gasteiger partial charge in [-0.1, -0.05) is 30.3 Å². The van der Waals surface area contributed by atoms with Crippen LogP contribution in [-0.4, -0.2) is 22.9 Å². The van der Waals surface area contributed by atoms with Crippen molar-refractivity contribution in [2.45, 2.75) is 13.0 Å². The number of nitrogens with one attached hydrogen (secondary N) is 3. The smallest absolute Gasteiger partial charge is 0.286 e. The molecule has 0 aliphatic carbocycles. The SMILES string of the molecule is CC(Oc1ccc2ccccc2c1)C(=O)NNC(=O)c1cc2cc(F)ccc2[nH]1. The highest BCUT2D eigenvalue weighted by molar-refractivity contribution is 5.99. The Balaban J connectivity index is 1.36. The van der Waals surface area contributed by atoms with Gasteiger partial charge in [0, 0.05) is 10.9 Å². The topological polar surface area (TPSA) is 83.2 Å². The van der Waals surface area contributed by atoms with Crippen molar-refractivity contribution in [2.75, 3.05) is 0 Å². The van der Waals surface area contributed by atoms with Crippen LogP contribution in [-0.2, 0) is 4.79 Å². The van der Waals surface area contributed by atoms with Gasteiger partial charge < -0.3 is 9.72 Å². The van der Waals surface area contributed by atoms with Crippen molar-refractivity contribution in [3.8, 4) is 5.75 Å². The minimum atomic E-state index is -0.826. The van der Waals surface area contributed by atoms with Gasteiger partial charge in [-0.15, -0.1) is 0 Å². The number of amides is 2. The summed E-state index contributed by atoms with van der Waals surface area (Å²) in [5.41, 5.74) is 5.49. The maximum atomic E-state index is 13.3. The largest absolute Gasteiger partial charge is 0.481 e. The summed E-state index contributed by atoms with van der Waals surface area (Å²) in [4.78, 5) is 27.4. The summed E-state index contributed by atoms with van der Waals surface area (Å²) in [7, 11) is 0. The summed E-state index contributed by atoms with van der Waals surface area (Å²) in [5.74, 6) is -0.895. The zero-order valence-corrected chi connectivity index (χ0v) is 15.5. The maximum Gasteiger partial charge on any atom is 0.286 e. The highest BCUT2D eigenvalue weighted by Gasteiger charge is 2.17. The molecule has 3 N–H and O–H groups in total. The number of carbonyl (C=O) groups is 2. The number of hydrogen-bond acceptors (Lipinski definition) is 3. The molecule has 1 aromatic heterocycles. The molecule has 0 fully saturated rings. The molecule has 146 valence electrons. The quantitative estimate of drug-likeness (QED) is 0.464. The first kappa shape index (κ1) is 18.5. The predicted molar refractivity (Wildman–Crippen MR) is 108 cm³/mol. The van der Waals surface area contributed by atoms with Crippen molar-refractivity contribution in [3.63, 3.8) is 0 Å². The van der Waals surface area contributed by atoms with Gasteiger partial charge in [0.1, 0.15) is 17.3 Å². The summed E-state index contributed by atoms with van der Waals surface area (Å²) in [6, 6.07) is 19.0. The monoisotopic (exact) mass is 391 g/mol. The Morgan fingerprint density at radius 1 is 0.931 bits per heavy atom. The number of ether oxygens (including phenoxy) is 1. The van der Waals surface area contributed by atoms with Crippen molar-refractivity contribution in [3.05, 3.63) is 78.2 Å². The molecule has 0 radical (unpaired) electrons. The molecule has 0 bridgehead atoms. The second-order valence-electron chi connectivity index (χ2n) is 6.63. The Hall–Kier alpha value is -3.87. The normalized spacial score (nSPS) is 11.9. The Labute approximate surface area is 165 Å². The molecule has 6 nitrogen and oxygen atoms in total. The Bertz CT molecular complexity index is 1220. The molecular weight excluding hydrogens is 373 g/mol. The number of hydrogen-bond donors (Lipinski definition) is 3. The lowest BCUT2D eigenvalue weighted by Gasteiger charge is -2.15. The van der Waals surface area contributed by atoms with E-state index < -0.39 is 23.7 Å². The van der Waals surface area contributed by atoms with Crippen molar-refractivity contribution in [1.82, 2.24) is 15.8 Å².